The first kappa shape index (κ1) is 20.8. The normalized spacial score (nSPS) is 12.5. The number of sulfonamides is 1. The highest BCUT2D eigenvalue weighted by molar-refractivity contribution is 7.92. The molecule has 0 aliphatic rings. The van der Waals surface area contributed by atoms with E-state index in [0.29, 0.717) is 10.7 Å². The van der Waals surface area contributed by atoms with Crippen molar-refractivity contribution in [2.24, 2.45) is 0 Å². The molecule has 0 bridgehead atoms. The first-order chi connectivity index (χ1) is 12.0. The van der Waals surface area contributed by atoms with Gasteiger partial charge >= 0.3 is 0 Å². The number of nitrogens with zero attached hydrogens (tertiary/aromatic N) is 1. The molecule has 9 heteroatoms. The number of amides is 1. The molecular weight excluding hydrogens is 419 g/mol. The van der Waals surface area contributed by atoms with Crippen LogP contribution >= 0.6 is 34.8 Å². The molecule has 0 radical (unpaired) electrons. The number of carbonyl (C=O) groups excluding carboxylic acids is 1. The molecule has 1 N–H and O–H groups in total. The Kier molecular flexibility index (Phi) is 6.45. The van der Waals surface area contributed by atoms with Crippen molar-refractivity contribution in [1.82, 2.24) is 0 Å². The van der Waals surface area contributed by atoms with Gasteiger partial charge in [0.15, 0.2) is 0 Å². The zero-order valence-corrected chi connectivity index (χ0v) is 17.3. The number of carbonyl (C=O) groups is 1. The smallest absolute Gasteiger partial charge is 0.247 e. The Morgan fingerprint density at radius 3 is 2.23 bits per heavy atom. The van der Waals surface area contributed by atoms with Crippen LogP contribution in [0, 0.1) is 6.92 Å². The molecule has 0 aliphatic heterocycles. The number of halogens is 3. The van der Waals surface area contributed by atoms with Crippen molar-refractivity contribution in [2.45, 2.75) is 19.9 Å². The van der Waals surface area contributed by atoms with Gasteiger partial charge in [0.25, 0.3) is 0 Å². The molecule has 0 aromatic heterocycles. The molecule has 0 saturated heterocycles. The van der Waals surface area contributed by atoms with E-state index in [1.54, 1.807) is 18.2 Å². The van der Waals surface area contributed by atoms with Crippen LogP contribution in [0.2, 0.25) is 15.1 Å². The standard InChI is InChI=1S/C17H17Cl3N2O3S/c1-10-4-5-12(8-15(10)19)21-17(23)11(2)22(26(3,24)25)13-6-7-14(18)16(20)9-13/h4-9,11H,1-3H3,(H,21,23). The molecule has 0 aliphatic carbocycles. The number of hydrogen-bond donors (Lipinski definition) is 1. The number of nitrogens with one attached hydrogen (secondary N) is 1. The van der Waals surface area contributed by atoms with Gasteiger partial charge in [-0.25, -0.2) is 8.42 Å². The largest absolute Gasteiger partial charge is 0.324 e. The van der Waals surface area contributed by atoms with E-state index in [4.69, 9.17) is 34.8 Å². The Morgan fingerprint density at radius 2 is 1.69 bits per heavy atom. The van der Waals surface area contributed by atoms with Crippen molar-refractivity contribution in [3.8, 4) is 0 Å². The van der Waals surface area contributed by atoms with Gasteiger partial charge in [-0.2, -0.15) is 0 Å². The minimum Gasteiger partial charge on any atom is -0.324 e. The second-order valence-electron chi connectivity index (χ2n) is 5.79. The second kappa shape index (κ2) is 8.05. The Balaban J connectivity index is 2.34. The third-order valence-corrected chi connectivity index (χ3v) is 6.07. The maximum atomic E-state index is 12.6. The summed E-state index contributed by atoms with van der Waals surface area (Å²) in [7, 11) is -3.75. The van der Waals surface area contributed by atoms with Crippen LogP contribution in [0.1, 0.15) is 12.5 Å². The van der Waals surface area contributed by atoms with Crippen molar-refractivity contribution in [1.29, 1.82) is 0 Å². The van der Waals surface area contributed by atoms with Crippen molar-refractivity contribution in [2.75, 3.05) is 15.9 Å². The van der Waals surface area contributed by atoms with E-state index in [1.807, 2.05) is 6.92 Å². The molecule has 1 amide bonds. The van der Waals surface area contributed by atoms with E-state index in [9.17, 15) is 13.2 Å². The van der Waals surface area contributed by atoms with E-state index < -0.39 is 22.0 Å². The molecule has 1 atom stereocenters. The molecular formula is C17H17Cl3N2O3S. The van der Waals surface area contributed by atoms with Crippen LogP contribution in [0.25, 0.3) is 0 Å². The van der Waals surface area contributed by atoms with Crippen LogP contribution in [0.15, 0.2) is 36.4 Å². The highest BCUT2D eigenvalue weighted by Gasteiger charge is 2.29. The fraction of sp³-hybridized carbons (Fsp3) is 0.235. The fourth-order valence-electron chi connectivity index (χ4n) is 2.35. The summed E-state index contributed by atoms with van der Waals surface area (Å²) in [5.41, 5.74) is 1.58. The van der Waals surface area contributed by atoms with Gasteiger partial charge < -0.3 is 5.32 Å². The lowest BCUT2D eigenvalue weighted by atomic mass is 10.2. The summed E-state index contributed by atoms with van der Waals surface area (Å²) in [4.78, 5) is 12.6. The maximum Gasteiger partial charge on any atom is 0.247 e. The summed E-state index contributed by atoms with van der Waals surface area (Å²) < 4.78 is 25.5. The van der Waals surface area contributed by atoms with Crippen molar-refractivity contribution < 1.29 is 13.2 Å². The van der Waals surface area contributed by atoms with Crippen LogP contribution in [-0.4, -0.2) is 26.6 Å². The van der Waals surface area contributed by atoms with Gasteiger partial charge in [-0.1, -0.05) is 40.9 Å². The highest BCUT2D eigenvalue weighted by Crippen LogP contribution is 2.30. The minimum absolute atomic E-state index is 0.191. The van der Waals surface area contributed by atoms with Crippen molar-refractivity contribution in [3.05, 3.63) is 57.0 Å². The van der Waals surface area contributed by atoms with Crippen LogP contribution in [0.4, 0.5) is 11.4 Å². The molecule has 26 heavy (non-hydrogen) atoms. The number of aryl methyl sites for hydroxylation is 1. The molecule has 2 aromatic rings. The number of anilines is 2. The number of rotatable bonds is 5. The average molecular weight is 436 g/mol. The lowest BCUT2D eigenvalue weighted by Gasteiger charge is -2.28. The highest BCUT2D eigenvalue weighted by atomic mass is 35.5. The first-order valence-electron chi connectivity index (χ1n) is 7.52. The molecule has 5 nitrogen and oxygen atoms in total. The van der Waals surface area contributed by atoms with Gasteiger partial charge in [-0.15, -0.1) is 0 Å². The van der Waals surface area contributed by atoms with Gasteiger partial charge in [0.05, 0.1) is 22.0 Å². The van der Waals surface area contributed by atoms with E-state index in [-0.39, 0.29) is 15.7 Å². The zero-order valence-electron chi connectivity index (χ0n) is 14.3. The molecule has 1 unspecified atom stereocenters. The Labute approximate surface area is 167 Å². The van der Waals surface area contributed by atoms with E-state index in [0.717, 1.165) is 16.1 Å². The predicted octanol–water partition coefficient (Wildman–Crippen LogP) is 4.75. The third-order valence-electron chi connectivity index (χ3n) is 3.69. The van der Waals surface area contributed by atoms with Gasteiger partial charge in [-0.05, 0) is 49.7 Å². The first-order valence-corrected chi connectivity index (χ1v) is 10.5. The summed E-state index contributed by atoms with van der Waals surface area (Å²) in [6, 6.07) is 8.39. The monoisotopic (exact) mass is 434 g/mol. The van der Waals surface area contributed by atoms with Crippen LogP contribution in [-0.2, 0) is 14.8 Å². The SMILES string of the molecule is Cc1ccc(NC(=O)C(C)N(c2ccc(Cl)c(Cl)c2)S(C)(=O)=O)cc1Cl. The lowest BCUT2D eigenvalue weighted by Crippen LogP contribution is -2.45. The number of hydrogen-bond acceptors (Lipinski definition) is 3. The summed E-state index contributed by atoms with van der Waals surface area (Å²) in [6.45, 7) is 3.32. The van der Waals surface area contributed by atoms with Crippen molar-refractivity contribution in [3.63, 3.8) is 0 Å². The van der Waals surface area contributed by atoms with E-state index in [1.165, 1.54) is 25.1 Å². The van der Waals surface area contributed by atoms with Gasteiger partial charge in [0.1, 0.15) is 6.04 Å². The number of benzene rings is 2. The fourth-order valence-corrected chi connectivity index (χ4v) is 3.99. The van der Waals surface area contributed by atoms with Crippen LogP contribution in [0.3, 0.4) is 0 Å². The average Bonchev–Trinajstić information content (AvgIpc) is 2.53. The van der Waals surface area contributed by atoms with Gasteiger partial charge in [-0.3, -0.25) is 9.10 Å². The van der Waals surface area contributed by atoms with Crippen molar-refractivity contribution >= 4 is 62.1 Å². The topological polar surface area (TPSA) is 66.5 Å². The van der Waals surface area contributed by atoms with Crippen LogP contribution < -0.4 is 9.62 Å². The summed E-state index contributed by atoms with van der Waals surface area (Å²) in [5.74, 6) is -0.513. The predicted molar refractivity (Wildman–Crippen MR) is 108 cm³/mol. The Hall–Kier alpha value is -1.47. The quantitative estimate of drug-likeness (QED) is 0.737. The molecule has 2 rings (SSSR count). The molecule has 0 saturated carbocycles. The second-order valence-corrected chi connectivity index (χ2v) is 8.87. The van der Waals surface area contributed by atoms with E-state index >= 15 is 0 Å². The van der Waals surface area contributed by atoms with E-state index in [2.05, 4.69) is 5.32 Å². The molecule has 140 valence electrons. The minimum atomic E-state index is -3.75. The summed E-state index contributed by atoms with van der Waals surface area (Å²) in [6.07, 6.45) is 1.02. The van der Waals surface area contributed by atoms with Gasteiger partial charge in [0, 0.05) is 10.7 Å². The zero-order chi connectivity index (χ0) is 19.6. The summed E-state index contributed by atoms with van der Waals surface area (Å²) in [5, 5.41) is 3.65. The third kappa shape index (κ3) is 4.82. The van der Waals surface area contributed by atoms with Crippen LogP contribution in [0.5, 0.6) is 0 Å². The molecule has 2 aromatic carbocycles. The Morgan fingerprint density at radius 1 is 1.04 bits per heavy atom. The summed E-state index contributed by atoms with van der Waals surface area (Å²) >= 11 is 17.9. The molecule has 0 heterocycles. The molecule has 0 spiro atoms. The maximum absolute atomic E-state index is 12.6. The van der Waals surface area contributed by atoms with Gasteiger partial charge in [0.2, 0.25) is 15.9 Å². The molecule has 0 fully saturated rings. The Bertz CT molecular complexity index is 948. The lowest BCUT2D eigenvalue weighted by molar-refractivity contribution is -0.116.